The van der Waals surface area contributed by atoms with Crippen LogP contribution in [-0.2, 0) is 4.79 Å². The van der Waals surface area contributed by atoms with E-state index < -0.39 is 0 Å². The summed E-state index contributed by atoms with van der Waals surface area (Å²) in [7, 11) is 0. The molecule has 0 saturated carbocycles. The van der Waals surface area contributed by atoms with Crippen molar-refractivity contribution in [2.75, 3.05) is 6.61 Å². The Labute approximate surface area is 104 Å². The summed E-state index contributed by atoms with van der Waals surface area (Å²) in [6.45, 7) is 9.26. The van der Waals surface area contributed by atoms with E-state index >= 15 is 0 Å². The van der Waals surface area contributed by atoms with E-state index in [0.717, 1.165) is 18.8 Å². The van der Waals surface area contributed by atoms with Crippen molar-refractivity contribution in [3.8, 4) is 5.75 Å². The predicted molar refractivity (Wildman–Crippen MR) is 71.3 cm³/mol. The van der Waals surface area contributed by atoms with E-state index in [1.807, 2.05) is 13.8 Å². The summed E-state index contributed by atoms with van der Waals surface area (Å²) >= 11 is 0. The lowest BCUT2D eigenvalue weighted by molar-refractivity contribution is -0.106. The van der Waals surface area contributed by atoms with Crippen molar-refractivity contribution in [2.24, 2.45) is 5.73 Å². The minimum absolute atomic E-state index is 0.250. The molecule has 1 aromatic rings. The molecule has 2 N–H and O–H groups in total. The SMILES string of the molecule is CC.Cc1ccc2c(c1)C(C)CCO2.NC=O. The number of hydrogen-bond acceptors (Lipinski definition) is 2. The van der Waals surface area contributed by atoms with Crippen LogP contribution in [0.2, 0.25) is 0 Å². The fourth-order valence-electron chi connectivity index (χ4n) is 1.69. The molecule has 0 bridgehead atoms. The number of fused-ring (bicyclic) bond motifs is 1. The Morgan fingerprint density at radius 2 is 2.00 bits per heavy atom. The highest BCUT2D eigenvalue weighted by molar-refractivity contribution is 5.42. The van der Waals surface area contributed by atoms with Gasteiger partial charge in [0.2, 0.25) is 6.41 Å². The van der Waals surface area contributed by atoms with Gasteiger partial charge in [0.25, 0.3) is 0 Å². The van der Waals surface area contributed by atoms with E-state index in [2.05, 4.69) is 37.8 Å². The van der Waals surface area contributed by atoms with Gasteiger partial charge in [0.15, 0.2) is 0 Å². The number of nitrogens with two attached hydrogens (primary N) is 1. The first kappa shape index (κ1) is 15.5. The molecule has 96 valence electrons. The van der Waals surface area contributed by atoms with Crippen molar-refractivity contribution >= 4 is 6.41 Å². The molecule has 3 nitrogen and oxygen atoms in total. The molecule has 0 saturated heterocycles. The van der Waals surface area contributed by atoms with Crippen LogP contribution in [0.25, 0.3) is 0 Å². The van der Waals surface area contributed by atoms with Gasteiger partial charge in [-0.3, -0.25) is 4.79 Å². The molecule has 0 spiro atoms. The molecule has 0 aromatic heterocycles. The van der Waals surface area contributed by atoms with Crippen LogP contribution in [0, 0.1) is 6.92 Å². The summed E-state index contributed by atoms with van der Waals surface area (Å²) in [5.41, 5.74) is 6.87. The second kappa shape index (κ2) is 8.62. The number of amides is 1. The van der Waals surface area contributed by atoms with E-state index in [1.54, 1.807) is 0 Å². The summed E-state index contributed by atoms with van der Waals surface area (Å²) < 4.78 is 5.55. The maximum absolute atomic E-state index is 8.58. The molecule has 1 heterocycles. The van der Waals surface area contributed by atoms with E-state index in [-0.39, 0.29) is 6.41 Å². The van der Waals surface area contributed by atoms with Crippen LogP contribution < -0.4 is 10.5 Å². The first-order valence-electron chi connectivity index (χ1n) is 6.07. The molecular weight excluding hydrogens is 214 g/mol. The Hall–Kier alpha value is -1.51. The number of carbonyl (C=O) groups is 1. The van der Waals surface area contributed by atoms with Crippen molar-refractivity contribution in [3.63, 3.8) is 0 Å². The van der Waals surface area contributed by atoms with Gasteiger partial charge in [-0.15, -0.1) is 0 Å². The Kier molecular flexibility index (Phi) is 7.85. The Morgan fingerprint density at radius 3 is 2.59 bits per heavy atom. The van der Waals surface area contributed by atoms with Crippen molar-refractivity contribution in [3.05, 3.63) is 29.3 Å². The molecule has 2 rings (SSSR count). The number of aryl methyl sites for hydroxylation is 1. The number of benzene rings is 1. The zero-order valence-corrected chi connectivity index (χ0v) is 11.2. The Morgan fingerprint density at radius 1 is 1.41 bits per heavy atom. The third kappa shape index (κ3) is 4.89. The molecule has 1 atom stereocenters. The molecule has 1 aliphatic heterocycles. The third-order valence-corrected chi connectivity index (χ3v) is 2.50. The largest absolute Gasteiger partial charge is 0.493 e. The van der Waals surface area contributed by atoms with Gasteiger partial charge in [0.05, 0.1) is 6.61 Å². The van der Waals surface area contributed by atoms with Gasteiger partial charge < -0.3 is 10.5 Å². The number of ether oxygens (including phenoxy) is 1. The zero-order valence-electron chi connectivity index (χ0n) is 11.2. The highest BCUT2D eigenvalue weighted by atomic mass is 16.5. The van der Waals surface area contributed by atoms with Crippen LogP contribution in [0.4, 0.5) is 0 Å². The quantitative estimate of drug-likeness (QED) is 0.705. The summed E-state index contributed by atoms with van der Waals surface area (Å²) in [4.78, 5) is 8.58. The molecule has 3 heteroatoms. The van der Waals surface area contributed by atoms with E-state index in [1.165, 1.54) is 11.1 Å². The third-order valence-electron chi connectivity index (χ3n) is 2.50. The fourth-order valence-corrected chi connectivity index (χ4v) is 1.69. The van der Waals surface area contributed by atoms with Crippen LogP contribution in [-0.4, -0.2) is 13.0 Å². The second-order valence-electron chi connectivity index (χ2n) is 3.72. The van der Waals surface area contributed by atoms with Gasteiger partial charge >= 0.3 is 0 Å². The highest BCUT2D eigenvalue weighted by Crippen LogP contribution is 2.33. The average molecular weight is 237 g/mol. The van der Waals surface area contributed by atoms with Crippen LogP contribution >= 0.6 is 0 Å². The van der Waals surface area contributed by atoms with Crippen LogP contribution in [0.15, 0.2) is 18.2 Å². The lowest BCUT2D eigenvalue weighted by Gasteiger charge is -2.23. The summed E-state index contributed by atoms with van der Waals surface area (Å²) in [5, 5.41) is 0. The maximum Gasteiger partial charge on any atom is 0.204 e. The number of rotatable bonds is 0. The molecule has 0 fully saturated rings. The van der Waals surface area contributed by atoms with Gasteiger partial charge in [-0.25, -0.2) is 0 Å². The molecule has 17 heavy (non-hydrogen) atoms. The molecule has 0 aliphatic carbocycles. The lowest BCUT2D eigenvalue weighted by atomic mass is 9.94. The molecule has 1 amide bonds. The van der Waals surface area contributed by atoms with Gasteiger partial charge in [-0.1, -0.05) is 38.5 Å². The van der Waals surface area contributed by atoms with Gasteiger partial charge in [0, 0.05) is 0 Å². The predicted octanol–water partition coefficient (Wildman–Crippen LogP) is 3.01. The monoisotopic (exact) mass is 237 g/mol. The molecule has 0 radical (unpaired) electrons. The van der Waals surface area contributed by atoms with Crippen molar-refractivity contribution in [2.45, 2.75) is 40.0 Å². The van der Waals surface area contributed by atoms with Crippen LogP contribution in [0.3, 0.4) is 0 Å². The fraction of sp³-hybridized carbons (Fsp3) is 0.500. The standard InChI is InChI=1S/C11H14O.C2H6.CH3NO/c1-8-3-4-11-10(7-8)9(2)5-6-12-11;1-2;2-1-3/h3-4,7,9H,5-6H2,1-2H3;1-2H3;1H,(H2,2,3). The molecule has 1 aliphatic rings. The lowest BCUT2D eigenvalue weighted by Crippen LogP contribution is -2.11. The smallest absolute Gasteiger partial charge is 0.204 e. The van der Waals surface area contributed by atoms with Crippen molar-refractivity contribution in [1.82, 2.24) is 0 Å². The number of carbonyl (C=O) groups excluding carboxylic acids is 1. The average Bonchev–Trinajstić information content (AvgIpc) is 2.34. The molecule has 1 aromatic carbocycles. The van der Waals surface area contributed by atoms with Gasteiger partial charge in [-0.05, 0) is 30.9 Å². The normalized spacial score (nSPS) is 16.1. The summed E-state index contributed by atoms with van der Waals surface area (Å²) in [5.74, 6) is 1.74. The van der Waals surface area contributed by atoms with Gasteiger partial charge in [-0.2, -0.15) is 0 Å². The van der Waals surface area contributed by atoms with Crippen molar-refractivity contribution < 1.29 is 9.53 Å². The van der Waals surface area contributed by atoms with Crippen molar-refractivity contribution in [1.29, 1.82) is 0 Å². The van der Waals surface area contributed by atoms with E-state index in [9.17, 15) is 0 Å². The first-order chi connectivity index (χ1) is 8.19. The zero-order chi connectivity index (χ0) is 13.3. The minimum Gasteiger partial charge on any atom is -0.493 e. The molecule has 1 unspecified atom stereocenters. The first-order valence-corrected chi connectivity index (χ1v) is 6.07. The molecular formula is C14H23NO2. The van der Waals surface area contributed by atoms with E-state index in [0.29, 0.717) is 5.92 Å². The summed E-state index contributed by atoms with van der Waals surface area (Å²) in [6, 6.07) is 6.43. The highest BCUT2D eigenvalue weighted by Gasteiger charge is 2.16. The Balaban J connectivity index is 0.000000450. The van der Waals surface area contributed by atoms with Crippen LogP contribution in [0.5, 0.6) is 5.75 Å². The second-order valence-corrected chi connectivity index (χ2v) is 3.72. The topological polar surface area (TPSA) is 52.3 Å². The maximum atomic E-state index is 8.58. The Bertz CT molecular complexity index is 337. The van der Waals surface area contributed by atoms with Gasteiger partial charge in [0.1, 0.15) is 5.75 Å². The van der Waals surface area contributed by atoms with E-state index in [4.69, 9.17) is 9.53 Å². The number of primary amides is 1. The number of hydrogen-bond donors (Lipinski definition) is 1. The summed E-state index contributed by atoms with van der Waals surface area (Å²) in [6.07, 6.45) is 1.40. The minimum atomic E-state index is 0.250. The van der Waals surface area contributed by atoms with Crippen LogP contribution in [0.1, 0.15) is 44.2 Å².